The van der Waals surface area contributed by atoms with Gasteiger partial charge in [-0.1, -0.05) is 54.1 Å². The zero-order valence-corrected chi connectivity index (χ0v) is 19.7. The normalized spacial score (nSPS) is 11.5. The lowest BCUT2D eigenvalue weighted by molar-refractivity contribution is 0.0981. The van der Waals surface area contributed by atoms with Gasteiger partial charge in [-0.15, -0.1) is 0 Å². The molecule has 5 rings (SSSR count). The Bertz CT molecular complexity index is 1730. The van der Waals surface area contributed by atoms with Crippen LogP contribution in [0, 0.1) is 0 Å². The Morgan fingerprint density at radius 3 is 2.00 bits per heavy atom. The average molecular weight is 504 g/mol. The van der Waals surface area contributed by atoms with E-state index < -0.39 is 15.9 Å². The van der Waals surface area contributed by atoms with Gasteiger partial charge in [-0.05, 0) is 60.7 Å². The Morgan fingerprint density at radius 2 is 1.37 bits per heavy atom. The van der Waals surface area contributed by atoms with Crippen LogP contribution in [0.5, 0.6) is 0 Å². The predicted octanol–water partition coefficient (Wildman–Crippen LogP) is 4.55. The van der Waals surface area contributed by atoms with E-state index in [2.05, 4.69) is 0 Å². The summed E-state index contributed by atoms with van der Waals surface area (Å²) in [5.41, 5.74) is 1.66. The van der Waals surface area contributed by atoms with Gasteiger partial charge in [0.2, 0.25) is 0 Å². The summed E-state index contributed by atoms with van der Waals surface area (Å²) in [5, 5.41) is 0.496. The van der Waals surface area contributed by atoms with Gasteiger partial charge in [0.25, 0.3) is 21.5 Å². The topological polar surface area (TPSA) is 90.2 Å². The van der Waals surface area contributed by atoms with Gasteiger partial charge in [-0.2, -0.15) is 0 Å². The molecule has 1 N–H and O–H groups in total. The molecule has 0 aliphatic carbocycles. The number of aromatic nitrogens is 2. The number of carbonyl (C=O) groups excluding carboxylic acids is 1. The number of rotatable bonds is 5. The lowest BCUT2D eigenvalue weighted by Crippen LogP contribution is -2.30. The molecule has 0 fully saturated rings. The van der Waals surface area contributed by atoms with Crippen molar-refractivity contribution in [3.63, 3.8) is 0 Å². The fourth-order valence-corrected chi connectivity index (χ4v) is 5.12. The van der Waals surface area contributed by atoms with Crippen molar-refractivity contribution >= 4 is 38.4 Å². The van der Waals surface area contributed by atoms with E-state index in [4.69, 9.17) is 11.6 Å². The van der Waals surface area contributed by atoms with Crippen LogP contribution in [0.1, 0.15) is 10.4 Å². The summed E-state index contributed by atoms with van der Waals surface area (Å²) >= 11 is 5.89. The summed E-state index contributed by atoms with van der Waals surface area (Å²) in [6.07, 6.45) is 0. The summed E-state index contributed by atoms with van der Waals surface area (Å²) in [4.78, 5) is 26.2. The molecule has 0 aliphatic rings. The van der Waals surface area contributed by atoms with Crippen LogP contribution in [0.2, 0.25) is 5.02 Å². The van der Waals surface area contributed by atoms with Gasteiger partial charge in [-0.3, -0.25) is 9.59 Å². The van der Waals surface area contributed by atoms with Crippen molar-refractivity contribution in [2.24, 2.45) is 0 Å². The maximum absolute atomic E-state index is 13.5. The fourth-order valence-electron chi connectivity index (χ4n) is 3.85. The van der Waals surface area contributed by atoms with Crippen molar-refractivity contribution in [1.29, 1.82) is 0 Å². The first-order chi connectivity index (χ1) is 16.8. The number of amides is 1. The molecule has 7 nitrogen and oxygen atoms in total. The van der Waals surface area contributed by atoms with Crippen molar-refractivity contribution in [1.82, 2.24) is 14.1 Å². The lowest BCUT2D eigenvalue weighted by Gasteiger charge is -2.13. The third-order valence-electron chi connectivity index (χ3n) is 5.44. The average Bonchev–Trinajstić information content (AvgIpc) is 3.16. The molecule has 0 bridgehead atoms. The number of nitrogens with one attached hydrogen (secondary N) is 1. The molecule has 0 aliphatic heterocycles. The van der Waals surface area contributed by atoms with E-state index in [0.717, 1.165) is 5.69 Å². The van der Waals surface area contributed by atoms with E-state index in [1.54, 1.807) is 10.7 Å². The maximum Gasteiger partial charge on any atom is 0.279 e. The molecule has 1 aromatic heterocycles. The zero-order chi connectivity index (χ0) is 24.6. The van der Waals surface area contributed by atoms with Gasteiger partial charge in [0, 0.05) is 10.6 Å². The van der Waals surface area contributed by atoms with Gasteiger partial charge in [-0.25, -0.2) is 22.5 Å². The smallest absolute Gasteiger partial charge is 0.268 e. The lowest BCUT2D eigenvalue weighted by atomic mass is 10.1. The zero-order valence-electron chi connectivity index (χ0n) is 18.1. The number of hydrogen-bond donors (Lipinski definition) is 1. The van der Waals surface area contributed by atoms with E-state index in [1.165, 1.54) is 41.1 Å². The number of fused-ring (bicyclic) bond motifs is 1. The number of benzene rings is 4. The minimum absolute atomic E-state index is 0.0330. The molecule has 174 valence electrons. The molecular weight excluding hydrogens is 486 g/mol. The van der Waals surface area contributed by atoms with Gasteiger partial charge in [0.05, 0.1) is 27.2 Å². The van der Waals surface area contributed by atoms with E-state index >= 15 is 0 Å². The Morgan fingerprint density at radius 1 is 0.743 bits per heavy atom. The quantitative estimate of drug-likeness (QED) is 0.381. The number of hydrogen-bond acceptors (Lipinski definition) is 4. The molecular formula is C26H18ClN3O4S. The Balaban J connectivity index is 1.62. The molecule has 4 aromatic carbocycles. The first-order valence-electron chi connectivity index (χ1n) is 10.6. The highest BCUT2D eigenvalue weighted by Crippen LogP contribution is 2.22. The van der Waals surface area contributed by atoms with E-state index in [9.17, 15) is 18.0 Å². The molecule has 0 unspecified atom stereocenters. The molecule has 0 spiro atoms. The minimum atomic E-state index is -4.16. The van der Waals surface area contributed by atoms with Crippen LogP contribution >= 0.6 is 11.6 Å². The predicted molar refractivity (Wildman–Crippen MR) is 135 cm³/mol. The largest absolute Gasteiger partial charge is 0.279 e. The minimum Gasteiger partial charge on any atom is -0.268 e. The van der Waals surface area contributed by atoms with Crippen LogP contribution in [0.15, 0.2) is 113 Å². The van der Waals surface area contributed by atoms with E-state index in [-0.39, 0.29) is 26.4 Å². The molecule has 0 atom stereocenters. The van der Waals surface area contributed by atoms with Crippen LogP contribution in [0.25, 0.3) is 22.3 Å². The summed E-state index contributed by atoms with van der Waals surface area (Å²) in [5.74, 6) is -0.856. The highest BCUT2D eigenvalue weighted by Gasteiger charge is 2.22. The van der Waals surface area contributed by atoms with Crippen molar-refractivity contribution in [3.8, 4) is 11.4 Å². The van der Waals surface area contributed by atoms with E-state index in [0.29, 0.717) is 11.2 Å². The molecule has 0 saturated carbocycles. The highest BCUT2D eigenvalue weighted by atomic mass is 35.5. The summed E-state index contributed by atoms with van der Waals surface area (Å²) in [7, 11) is -4.16. The number of sulfonamides is 1. The second kappa shape index (κ2) is 8.90. The molecule has 0 radical (unpaired) electrons. The molecule has 0 saturated heterocycles. The second-order valence-corrected chi connectivity index (χ2v) is 9.84. The van der Waals surface area contributed by atoms with Gasteiger partial charge < -0.3 is 0 Å². The molecule has 5 aromatic rings. The van der Waals surface area contributed by atoms with E-state index in [1.807, 2.05) is 65.4 Å². The maximum atomic E-state index is 13.5. The van der Waals surface area contributed by atoms with Crippen molar-refractivity contribution in [2.75, 3.05) is 0 Å². The standard InChI is InChI=1S/C26H18ClN3O4S/c27-19-8-7-13-22(17-19)35(33,34)28-25(31)18-14-15-24-23(16-18)26(32)30(21-11-5-2-6-12-21)29(24)20-9-3-1-4-10-20/h1-17H,(H,28,31). The molecule has 1 amide bonds. The van der Waals surface area contributed by atoms with Gasteiger partial charge in [0.1, 0.15) is 0 Å². The Kier molecular flexibility index (Phi) is 5.76. The number of para-hydroxylation sites is 2. The van der Waals surface area contributed by atoms with Crippen molar-refractivity contribution in [3.05, 3.63) is 124 Å². The summed E-state index contributed by atoms with van der Waals surface area (Å²) in [6.45, 7) is 0. The second-order valence-electron chi connectivity index (χ2n) is 7.72. The van der Waals surface area contributed by atoms with Crippen LogP contribution in [-0.4, -0.2) is 23.7 Å². The van der Waals surface area contributed by atoms with Gasteiger partial charge in [0.15, 0.2) is 0 Å². The molecule has 9 heteroatoms. The Labute approximate surface area is 205 Å². The van der Waals surface area contributed by atoms with Gasteiger partial charge >= 0.3 is 0 Å². The molecule has 35 heavy (non-hydrogen) atoms. The SMILES string of the molecule is O=C(NS(=O)(=O)c1cccc(Cl)c1)c1ccc2c(c1)c(=O)n(-c1ccccc1)n2-c1ccccc1. The number of carbonyl (C=O) groups is 1. The summed E-state index contributed by atoms with van der Waals surface area (Å²) < 4.78 is 30.7. The number of nitrogens with zero attached hydrogens (tertiary/aromatic N) is 2. The summed E-state index contributed by atoms with van der Waals surface area (Å²) in [6, 6.07) is 28.6. The third-order valence-corrected chi connectivity index (χ3v) is 7.01. The first-order valence-corrected chi connectivity index (χ1v) is 12.4. The van der Waals surface area contributed by atoms with Crippen molar-refractivity contribution in [2.45, 2.75) is 4.90 Å². The molecule has 1 heterocycles. The monoisotopic (exact) mass is 503 g/mol. The highest BCUT2D eigenvalue weighted by molar-refractivity contribution is 7.90. The van der Waals surface area contributed by atoms with Crippen LogP contribution in [-0.2, 0) is 10.0 Å². The fraction of sp³-hybridized carbons (Fsp3) is 0. The third kappa shape index (κ3) is 4.25. The van der Waals surface area contributed by atoms with Crippen molar-refractivity contribution < 1.29 is 13.2 Å². The van der Waals surface area contributed by atoms with Crippen LogP contribution in [0.3, 0.4) is 0 Å². The number of halogens is 1. The van der Waals surface area contributed by atoms with Crippen LogP contribution < -0.4 is 10.3 Å². The Hall–Kier alpha value is -4.14. The van der Waals surface area contributed by atoms with Crippen LogP contribution in [0.4, 0.5) is 0 Å². The first kappa shape index (κ1) is 22.6.